The summed E-state index contributed by atoms with van der Waals surface area (Å²) in [6.45, 7) is 8.37. The largest absolute Gasteiger partial charge is 0.480 e. The molecular weight excluding hydrogens is 334 g/mol. The van der Waals surface area contributed by atoms with Crippen molar-refractivity contribution in [2.75, 3.05) is 12.3 Å². The predicted molar refractivity (Wildman–Crippen MR) is 108 cm³/mol. The Labute approximate surface area is 157 Å². The topological polar surface area (TPSA) is 66.4 Å². The summed E-state index contributed by atoms with van der Waals surface area (Å²) in [7, 11) is 0. The van der Waals surface area contributed by atoms with Gasteiger partial charge in [0.1, 0.15) is 11.8 Å². The number of carboxylic acids is 1. The number of nitrogens with one attached hydrogen (secondary N) is 1. The van der Waals surface area contributed by atoms with Crippen molar-refractivity contribution in [1.82, 2.24) is 5.32 Å². The molecule has 0 fully saturated rings. The second kappa shape index (κ2) is 13.9. The van der Waals surface area contributed by atoms with Crippen molar-refractivity contribution in [2.24, 2.45) is 0 Å². The van der Waals surface area contributed by atoms with Gasteiger partial charge in [0.15, 0.2) is 0 Å². The number of Topliss-reactive ketones (excluding diaryl/α,β-unsaturated/α-hetero) is 1. The third-order valence-electron chi connectivity index (χ3n) is 3.89. The molecule has 0 aliphatic carbocycles. The van der Waals surface area contributed by atoms with E-state index in [1.807, 2.05) is 13.0 Å². The second-order valence-corrected chi connectivity index (χ2v) is 6.95. The van der Waals surface area contributed by atoms with Crippen molar-refractivity contribution >= 4 is 24.4 Å². The summed E-state index contributed by atoms with van der Waals surface area (Å²) in [5.74, 6) is -0.376. The van der Waals surface area contributed by atoms with Gasteiger partial charge in [0.05, 0.1) is 0 Å². The van der Waals surface area contributed by atoms with Crippen molar-refractivity contribution in [1.29, 1.82) is 0 Å². The minimum atomic E-state index is -0.868. The molecule has 0 spiro atoms. The molecule has 0 rings (SSSR count). The molecule has 0 aromatic carbocycles. The summed E-state index contributed by atoms with van der Waals surface area (Å²) in [5, 5.41) is 11.9. The molecule has 0 saturated carbocycles. The van der Waals surface area contributed by atoms with Crippen molar-refractivity contribution in [3.63, 3.8) is 0 Å². The third kappa shape index (κ3) is 13.6. The molecule has 0 saturated heterocycles. The van der Waals surface area contributed by atoms with Crippen LogP contribution in [0.25, 0.3) is 0 Å². The lowest BCUT2D eigenvalue weighted by Crippen LogP contribution is -2.38. The molecule has 25 heavy (non-hydrogen) atoms. The van der Waals surface area contributed by atoms with Gasteiger partial charge < -0.3 is 10.4 Å². The normalized spacial score (nSPS) is 14.5. The molecule has 0 aromatic rings. The Morgan fingerprint density at radius 2 is 1.48 bits per heavy atom. The maximum Gasteiger partial charge on any atom is 0.321 e. The summed E-state index contributed by atoms with van der Waals surface area (Å²) in [4.78, 5) is 21.9. The molecule has 0 aliphatic rings. The first-order valence-corrected chi connectivity index (χ1v) is 9.42. The van der Waals surface area contributed by atoms with Crippen LogP contribution < -0.4 is 5.32 Å². The van der Waals surface area contributed by atoms with Crippen LogP contribution in [0.5, 0.6) is 0 Å². The van der Waals surface area contributed by atoms with Crippen molar-refractivity contribution < 1.29 is 14.7 Å². The van der Waals surface area contributed by atoms with E-state index in [0.717, 1.165) is 31.3 Å². The molecule has 0 bridgehead atoms. The molecule has 0 amide bonds. The monoisotopic (exact) mass is 367 g/mol. The van der Waals surface area contributed by atoms with E-state index in [1.54, 1.807) is 6.92 Å². The Kier molecular flexibility index (Phi) is 13.2. The molecule has 0 unspecified atom stereocenters. The number of thiol groups is 1. The van der Waals surface area contributed by atoms with Gasteiger partial charge in [-0.05, 0) is 53.4 Å². The van der Waals surface area contributed by atoms with Gasteiger partial charge in [0.2, 0.25) is 0 Å². The molecule has 0 radical (unpaired) electrons. The van der Waals surface area contributed by atoms with Crippen LogP contribution in [0.4, 0.5) is 0 Å². The zero-order chi connectivity index (χ0) is 19.2. The lowest BCUT2D eigenvalue weighted by Gasteiger charge is -2.10. The van der Waals surface area contributed by atoms with Crippen molar-refractivity contribution in [3.8, 4) is 0 Å². The summed E-state index contributed by atoms with van der Waals surface area (Å²) in [6.07, 6.45) is 10.9. The number of aliphatic carboxylic acids is 1. The van der Waals surface area contributed by atoms with Gasteiger partial charge in [0, 0.05) is 18.7 Å². The highest BCUT2D eigenvalue weighted by Gasteiger charge is 2.12. The summed E-state index contributed by atoms with van der Waals surface area (Å²) >= 11 is 4.02. The Morgan fingerprint density at radius 3 is 1.96 bits per heavy atom. The number of hydrogen-bond acceptors (Lipinski definition) is 4. The van der Waals surface area contributed by atoms with Crippen LogP contribution >= 0.6 is 12.6 Å². The number of allylic oxidation sites excluding steroid dienone is 5. The quantitative estimate of drug-likeness (QED) is 0.335. The fourth-order valence-electron chi connectivity index (χ4n) is 2.37. The van der Waals surface area contributed by atoms with Gasteiger partial charge >= 0.3 is 5.97 Å². The van der Waals surface area contributed by atoms with Gasteiger partial charge in [-0.2, -0.15) is 12.6 Å². The highest BCUT2D eigenvalue weighted by molar-refractivity contribution is 7.80. The molecule has 0 aromatic heterocycles. The fraction of sp³-hybridized carbons (Fsp3) is 0.600. The number of rotatable bonds is 13. The number of ketones is 1. The van der Waals surface area contributed by atoms with Gasteiger partial charge in [0.25, 0.3) is 0 Å². The number of carboxylic acid groups (broad SMARTS) is 1. The van der Waals surface area contributed by atoms with E-state index in [2.05, 4.69) is 43.9 Å². The maximum absolute atomic E-state index is 11.0. The number of hydrogen-bond donors (Lipinski definition) is 3. The average molecular weight is 368 g/mol. The number of carbonyl (C=O) groups is 2. The molecule has 5 heteroatoms. The summed E-state index contributed by atoms with van der Waals surface area (Å²) in [6, 6.07) is -0.603. The zero-order valence-electron chi connectivity index (χ0n) is 16.0. The van der Waals surface area contributed by atoms with Gasteiger partial charge in [-0.1, -0.05) is 34.9 Å². The molecule has 142 valence electrons. The highest BCUT2D eigenvalue weighted by atomic mass is 32.1. The molecule has 0 aliphatic heterocycles. The van der Waals surface area contributed by atoms with E-state index in [9.17, 15) is 9.59 Å². The Morgan fingerprint density at radius 1 is 0.960 bits per heavy atom. The van der Waals surface area contributed by atoms with Crippen LogP contribution in [0.15, 0.2) is 34.9 Å². The Hall–Kier alpha value is -1.33. The van der Waals surface area contributed by atoms with E-state index < -0.39 is 12.0 Å². The zero-order valence-corrected chi connectivity index (χ0v) is 16.9. The fourth-order valence-corrected chi connectivity index (χ4v) is 2.65. The Bertz CT molecular complexity index is 521. The molecule has 1 atom stereocenters. The molecule has 4 nitrogen and oxygen atoms in total. The van der Waals surface area contributed by atoms with E-state index >= 15 is 0 Å². The SMILES string of the molecule is CC(=O)CC(C)=CCCC(C)=CCCC(C)=CCN[C@@H](CS)C(=O)O. The predicted octanol–water partition coefficient (Wildman–Crippen LogP) is 4.34. The van der Waals surface area contributed by atoms with Crippen LogP contribution in [0, 0.1) is 0 Å². The lowest BCUT2D eigenvalue weighted by atomic mass is 10.0. The van der Waals surface area contributed by atoms with Crippen molar-refractivity contribution in [3.05, 3.63) is 34.9 Å². The first-order valence-electron chi connectivity index (χ1n) is 8.79. The number of carbonyl (C=O) groups excluding carboxylic acids is 1. The standard InChI is InChI=1S/C20H33NO3S/c1-15(8-6-10-17(3)13-18(4)22)7-5-9-16(2)11-12-21-19(14-25)20(23)24/h7,10-11,19,21,25H,5-6,8-9,12-14H2,1-4H3,(H,23,24)/t19-/m0/s1. The minimum absolute atomic E-state index is 0.210. The van der Waals surface area contributed by atoms with Crippen LogP contribution in [0.1, 0.15) is 59.8 Å². The van der Waals surface area contributed by atoms with Crippen LogP contribution in [-0.4, -0.2) is 35.2 Å². The molecular formula is C20H33NO3S. The van der Waals surface area contributed by atoms with Crippen LogP contribution in [0.3, 0.4) is 0 Å². The van der Waals surface area contributed by atoms with E-state index in [4.69, 9.17) is 5.11 Å². The second-order valence-electron chi connectivity index (χ2n) is 6.59. The highest BCUT2D eigenvalue weighted by Crippen LogP contribution is 2.12. The van der Waals surface area contributed by atoms with Crippen LogP contribution in [-0.2, 0) is 9.59 Å². The molecule has 2 N–H and O–H groups in total. The first kappa shape index (κ1) is 23.7. The Balaban J connectivity index is 4.09. The maximum atomic E-state index is 11.0. The third-order valence-corrected chi connectivity index (χ3v) is 4.25. The minimum Gasteiger partial charge on any atom is -0.480 e. The van der Waals surface area contributed by atoms with E-state index in [-0.39, 0.29) is 11.5 Å². The van der Waals surface area contributed by atoms with E-state index in [1.165, 1.54) is 11.1 Å². The lowest BCUT2D eigenvalue weighted by molar-refractivity contribution is -0.138. The van der Waals surface area contributed by atoms with Gasteiger partial charge in [-0.15, -0.1) is 0 Å². The summed E-state index contributed by atoms with van der Waals surface area (Å²) in [5.41, 5.74) is 3.75. The van der Waals surface area contributed by atoms with E-state index in [0.29, 0.717) is 13.0 Å². The first-order chi connectivity index (χ1) is 11.8. The summed E-state index contributed by atoms with van der Waals surface area (Å²) < 4.78 is 0. The molecule has 0 heterocycles. The smallest absolute Gasteiger partial charge is 0.321 e. The van der Waals surface area contributed by atoms with Gasteiger partial charge in [-0.25, -0.2) is 0 Å². The van der Waals surface area contributed by atoms with Crippen molar-refractivity contribution in [2.45, 2.75) is 65.8 Å². The van der Waals surface area contributed by atoms with Crippen LogP contribution in [0.2, 0.25) is 0 Å². The van der Waals surface area contributed by atoms with Gasteiger partial charge in [-0.3, -0.25) is 9.59 Å². The average Bonchev–Trinajstić information content (AvgIpc) is 2.50.